The fourth-order valence-corrected chi connectivity index (χ4v) is 2.56. The molecule has 4 nitrogen and oxygen atoms in total. The lowest BCUT2D eigenvalue weighted by Gasteiger charge is -2.23. The maximum absolute atomic E-state index is 12.4. The van der Waals surface area contributed by atoms with Crippen LogP contribution in [0.25, 0.3) is 0 Å². The summed E-state index contributed by atoms with van der Waals surface area (Å²) in [5, 5.41) is 12.8. The van der Waals surface area contributed by atoms with Crippen LogP contribution in [0.1, 0.15) is 31.2 Å². The maximum Gasteiger partial charge on any atom is 0.236 e. The second-order valence-electron chi connectivity index (χ2n) is 6.46. The van der Waals surface area contributed by atoms with Gasteiger partial charge < -0.3 is 15.3 Å². The minimum absolute atomic E-state index is 0. The van der Waals surface area contributed by atoms with Gasteiger partial charge in [0.05, 0.1) is 6.54 Å². The molecule has 2 saturated carbocycles. The molecule has 0 atom stereocenters. The van der Waals surface area contributed by atoms with Gasteiger partial charge in [-0.25, -0.2) is 0 Å². The standard InChI is InChI=1S/C17H24N2O2.ClH/c20-16-3-1-2-15(8-16)12-19(11-14-6-7-14)17(21)10-18-9-13-4-5-13;/h1-3,8,13-14,18,20H,4-7,9-12H2;1H. The van der Waals surface area contributed by atoms with Crippen molar-refractivity contribution in [3.05, 3.63) is 29.8 Å². The van der Waals surface area contributed by atoms with E-state index in [1.807, 2.05) is 17.0 Å². The molecule has 3 rings (SSSR count). The van der Waals surface area contributed by atoms with Gasteiger partial charge in [-0.05, 0) is 61.8 Å². The third-order valence-electron chi connectivity index (χ3n) is 4.22. The molecule has 0 bridgehead atoms. The van der Waals surface area contributed by atoms with Crippen molar-refractivity contribution < 1.29 is 9.90 Å². The summed E-state index contributed by atoms with van der Waals surface area (Å²) in [7, 11) is 0. The molecule has 5 heteroatoms. The molecule has 0 aromatic heterocycles. The lowest BCUT2D eigenvalue weighted by atomic mass is 10.2. The molecule has 2 aliphatic carbocycles. The Morgan fingerprint density at radius 2 is 1.95 bits per heavy atom. The Morgan fingerprint density at radius 1 is 1.23 bits per heavy atom. The number of benzene rings is 1. The van der Waals surface area contributed by atoms with Crippen molar-refractivity contribution in [3.63, 3.8) is 0 Å². The van der Waals surface area contributed by atoms with E-state index in [1.165, 1.54) is 25.7 Å². The first-order valence-electron chi connectivity index (χ1n) is 7.97. The number of nitrogens with zero attached hydrogens (tertiary/aromatic N) is 1. The monoisotopic (exact) mass is 324 g/mol. The lowest BCUT2D eigenvalue weighted by Crippen LogP contribution is -2.39. The van der Waals surface area contributed by atoms with Gasteiger partial charge in [0, 0.05) is 13.1 Å². The van der Waals surface area contributed by atoms with Crippen molar-refractivity contribution in [3.8, 4) is 5.75 Å². The average Bonchev–Trinajstić information content (AvgIpc) is 3.33. The molecule has 1 aromatic carbocycles. The molecule has 22 heavy (non-hydrogen) atoms. The number of rotatable bonds is 8. The van der Waals surface area contributed by atoms with Crippen LogP contribution < -0.4 is 5.32 Å². The molecule has 2 fully saturated rings. The van der Waals surface area contributed by atoms with Gasteiger partial charge >= 0.3 is 0 Å². The molecule has 0 radical (unpaired) electrons. The van der Waals surface area contributed by atoms with Crippen LogP contribution >= 0.6 is 12.4 Å². The van der Waals surface area contributed by atoms with Gasteiger partial charge in [0.25, 0.3) is 0 Å². The van der Waals surface area contributed by atoms with Crippen molar-refractivity contribution in [2.45, 2.75) is 32.2 Å². The topological polar surface area (TPSA) is 52.6 Å². The predicted molar refractivity (Wildman–Crippen MR) is 89.1 cm³/mol. The minimum atomic E-state index is 0. The highest BCUT2D eigenvalue weighted by molar-refractivity contribution is 5.85. The Kier molecular flexibility index (Phi) is 6.09. The largest absolute Gasteiger partial charge is 0.508 e. The molecule has 0 unspecified atom stereocenters. The number of phenols is 1. The van der Waals surface area contributed by atoms with E-state index in [1.54, 1.807) is 12.1 Å². The maximum atomic E-state index is 12.4. The SMILES string of the molecule is Cl.O=C(CNCC1CC1)N(Cc1cccc(O)c1)CC1CC1. The summed E-state index contributed by atoms with van der Waals surface area (Å²) in [6.45, 7) is 2.84. The summed E-state index contributed by atoms with van der Waals surface area (Å²) < 4.78 is 0. The normalized spacial score (nSPS) is 16.9. The predicted octanol–water partition coefficient (Wildman–Crippen LogP) is 2.55. The molecule has 2 aliphatic rings. The van der Waals surface area contributed by atoms with E-state index in [0.717, 1.165) is 24.6 Å². The molecule has 1 amide bonds. The number of carbonyl (C=O) groups excluding carboxylic acids is 1. The van der Waals surface area contributed by atoms with Crippen molar-refractivity contribution in [1.82, 2.24) is 10.2 Å². The van der Waals surface area contributed by atoms with Crippen LogP contribution in [0.2, 0.25) is 0 Å². The second-order valence-corrected chi connectivity index (χ2v) is 6.46. The third-order valence-corrected chi connectivity index (χ3v) is 4.22. The van der Waals surface area contributed by atoms with Gasteiger partial charge in [-0.2, -0.15) is 0 Å². The number of aromatic hydroxyl groups is 1. The third kappa shape index (κ3) is 5.50. The van der Waals surface area contributed by atoms with Crippen LogP contribution in [0.5, 0.6) is 5.75 Å². The molecule has 0 saturated heterocycles. The number of amides is 1. The van der Waals surface area contributed by atoms with Gasteiger partial charge in [-0.15, -0.1) is 12.4 Å². The zero-order chi connectivity index (χ0) is 14.7. The van der Waals surface area contributed by atoms with Gasteiger partial charge in [0.1, 0.15) is 5.75 Å². The number of nitrogens with one attached hydrogen (secondary N) is 1. The molecule has 2 N–H and O–H groups in total. The molecule has 1 aromatic rings. The first kappa shape index (κ1) is 17.1. The Morgan fingerprint density at radius 3 is 2.59 bits per heavy atom. The molecule has 0 spiro atoms. The smallest absolute Gasteiger partial charge is 0.236 e. The van der Waals surface area contributed by atoms with Crippen LogP contribution in [-0.4, -0.2) is 35.5 Å². The molecule has 122 valence electrons. The second kappa shape index (κ2) is 7.84. The highest BCUT2D eigenvalue weighted by Gasteiger charge is 2.27. The number of hydrogen-bond acceptors (Lipinski definition) is 3. The summed E-state index contributed by atoms with van der Waals surface area (Å²) in [6, 6.07) is 7.19. The molecular formula is C17H25ClN2O2. The van der Waals surface area contributed by atoms with Crippen LogP contribution in [0.4, 0.5) is 0 Å². The molecular weight excluding hydrogens is 300 g/mol. The molecule has 0 heterocycles. The van der Waals surface area contributed by atoms with Crippen molar-refractivity contribution in [1.29, 1.82) is 0 Å². The summed E-state index contributed by atoms with van der Waals surface area (Å²) in [5.41, 5.74) is 0.992. The van der Waals surface area contributed by atoms with E-state index in [0.29, 0.717) is 19.0 Å². The number of halogens is 1. The van der Waals surface area contributed by atoms with E-state index >= 15 is 0 Å². The average molecular weight is 325 g/mol. The fourth-order valence-electron chi connectivity index (χ4n) is 2.56. The van der Waals surface area contributed by atoms with Crippen LogP contribution in [-0.2, 0) is 11.3 Å². The summed E-state index contributed by atoms with van der Waals surface area (Å²) >= 11 is 0. The van der Waals surface area contributed by atoms with E-state index in [-0.39, 0.29) is 24.1 Å². The lowest BCUT2D eigenvalue weighted by molar-refractivity contribution is -0.131. The highest BCUT2D eigenvalue weighted by Crippen LogP contribution is 2.30. The van der Waals surface area contributed by atoms with Gasteiger partial charge in [-0.3, -0.25) is 4.79 Å². The minimum Gasteiger partial charge on any atom is -0.508 e. The van der Waals surface area contributed by atoms with Crippen molar-refractivity contribution >= 4 is 18.3 Å². The fraction of sp³-hybridized carbons (Fsp3) is 0.588. The van der Waals surface area contributed by atoms with Crippen LogP contribution in [0.15, 0.2) is 24.3 Å². The Bertz CT molecular complexity index is 501. The Labute approximate surface area is 138 Å². The van der Waals surface area contributed by atoms with Crippen LogP contribution in [0, 0.1) is 11.8 Å². The zero-order valence-electron chi connectivity index (χ0n) is 12.8. The summed E-state index contributed by atoms with van der Waals surface area (Å²) in [6.07, 6.45) is 5.07. The van der Waals surface area contributed by atoms with Crippen LogP contribution in [0.3, 0.4) is 0 Å². The van der Waals surface area contributed by atoms with E-state index < -0.39 is 0 Å². The Balaban J connectivity index is 0.00000176. The van der Waals surface area contributed by atoms with Crippen molar-refractivity contribution in [2.75, 3.05) is 19.6 Å². The Hall–Kier alpha value is -1.26. The highest BCUT2D eigenvalue weighted by atomic mass is 35.5. The van der Waals surface area contributed by atoms with Gasteiger partial charge in [0.2, 0.25) is 5.91 Å². The zero-order valence-corrected chi connectivity index (χ0v) is 13.6. The number of carbonyl (C=O) groups is 1. The van der Waals surface area contributed by atoms with Crippen molar-refractivity contribution in [2.24, 2.45) is 11.8 Å². The summed E-state index contributed by atoms with van der Waals surface area (Å²) in [5.74, 6) is 1.90. The first-order valence-corrected chi connectivity index (χ1v) is 7.97. The van der Waals surface area contributed by atoms with E-state index in [4.69, 9.17) is 0 Å². The van der Waals surface area contributed by atoms with Gasteiger partial charge in [-0.1, -0.05) is 12.1 Å². The number of phenolic OH excluding ortho intramolecular Hbond substituents is 1. The van der Waals surface area contributed by atoms with E-state index in [9.17, 15) is 9.90 Å². The van der Waals surface area contributed by atoms with E-state index in [2.05, 4.69) is 5.32 Å². The van der Waals surface area contributed by atoms with Gasteiger partial charge in [0.15, 0.2) is 0 Å². The number of hydrogen-bond donors (Lipinski definition) is 2. The molecule has 0 aliphatic heterocycles. The quantitative estimate of drug-likeness (QED) is 0.772. The first-order chi connectivity index (χ1) is 10.2. The summed E-state index contributed by atoms with van der Waals surface area (Å²) in [4.78, 5) is 14.3.